The van der Waals surface area contributed by atoms with Gasteiger partial charge >= 0.3 is 0 Å². The first-order chi connectivity index (χ1) is 7.83. The number of rotatable bonds is 3. The first-order valence-electron chi connectivity index (χ1n) is 5.56. The summed E-state index contributed by atoms with van der Waals surface area (Å²) in [6.07, 6.45) is 0. The molecular formula is C12H16N2OS. The molecule has 4 heteroatoms. The summed E-state index contributed by atoms with van der Waals surface area (Å²) in [4.78, 5) is 15.1. The summed E-state index contributed by atoms with van der Waals surface area (Å²) in [7, 11) is 0. The number of carbonyl (C=O) groups is 1. The second-order valence-electron chi connectivity index (χ2n) is 3.64. The van der Waals surface area contributed by atoms with Crippen LogP contribution in [-0.4, -0.2) is 31.3 Å². The highest BCUT2D eigenvalue weighted by Gasteiger charge is 2.21. The van der Waals surface area contributed by atoms with Crippen molar-refractivity contribution in [2.75, 3.05) is 30.3 Å². The van der Waals surface area contributed by atoms with E-state index in [2.05, 4.69) is 11.4 Å². The van der Waals surface area contributed by atoms with Crippen LogP contribution < -0.4 is 10.2 Å². The molecule has 0 bridgehead atoms. The maximum atomic E-state index is 12.0. The summed E-state index contributed by atoms with van der Waals surface area (Å²) >= 11 is 1.82. The minimum atomic E-state index is 0.162. The lowest BCUT2D eigenvalue weighted by molar-refractivity contribution is -0.117. The molecule has 2 rings (SSSR count). The van der Waals surface area contributed by atoms with Crippen LogP contribution in [0, 0.1) is 0 Å². The molecule has 1 aliphatic heterocycles. The Balaban J connectivity index is 2.15. The van der Waals surface area contributed by atoms with Crippen molar-refractivity contribution in [2.45, 2.75) is 11.8 Å². The molecule has 0 atom stereocenters. The average molecular weight is 236 g/mol. The highest BCUT2D eigenvalue weighted by atomic mass is 32.2. The first-order valence-corrected chi connectivity index (χ1v) is 6.54. The Labute approximate surface area is 100 Å². The summed E-state index contributed by atoms with van der Waals surface area (Å²) in [6, 6.07) is 8.10. The van der Waals surface area contributed by atoms with E-state index in [4.69, 9.17) is 0 Å². The topological polar surface area (TPSA) is 32.3 Å². The number of fused-ring (bicyclic) bond motifs is 1. The van der Waals surface area contributed by atoms with Gasteiger partial charge in [-0.3, -0.25) is 4.79 Å². The van der Waals surface area contributed by atoms with Gasteiger partial charge in [0.2, 0.25) is 5.91 Å². The smallest absolute Gasteiger partial charge is 0.240 e. The Kier molecular flexibility index (Phi) is 3.85. The van der Waals surface area contributed by atoms with Crippen LogP contribution in [-0.2, 0) is 4.79 Å². The zero-order valence-corrected chi connectivity index (χ0v) is 10.2. The van der Waals surface area contributed by atoms with Gasteiger partial charge in [-0.25, -0.2) is 0 Å². The minimum absolute atomic E-state index is 0.162. The van der Waals surface area contributed by atoms with Gasteiger partial charge in [0.25, 0.3) is 0 Å². The van der Waals surface area contributed by atoms with Crippen LogP contribution in [0.15, 0.2) is 29.2 Å². The lowest BCUT2D eigenvalue weighted by Gasteiger charge is -2.29. The number of nitrogens with one attached hydrogen (secondary N) is 1. The maximum Gasteiger partial charge on any atom is 0.240 e. The molecule has 0 saturated carbocycles. The highest BCUT2D eigenvalue weighted by Crippen LogP contribution is 2.34. The van der Waals surface area contributed by atoms with Gasteiger partial charge < -0.3 is 10.2 Å². The second-order valence-corrected chi connectivity index (χ2v) is 4.78. The van der Waals surface area contributed by atoms with Crippen molar-refractivity contribution in [3.8, 4) is 0 Å². The van der Waals surface area contributed by atoms with Crippen LogP contribution in [0.5, 0.6) is 0 Å². The van der Waals surface area contributed by atoms with E-state index in [1.165, 1.54) is 4.90 Å². The number of likely N-dealkylation sites (N-methyl/N-ethyl adjacent to an activating group) is 1. The predicted molar refractivity (Wildman–Crippen MR) is 68.1 cm³/mol. The van der Waals surface area contributed by atoms with Gasteiger partial charge in [-0.15, -0.1) is 11.8 Å². The van der Waals surface area contributed by atoms with Crippen molar-refractivity contribution in [3.05, 3.63) is 24.3 Å². The maximum absolute atomic E-state index is 12.0. The molecule has 0 radical (unpaired) electrons. The molecule has 1 N–H and O–H groups in total. The molecule has 0 spiro atoms. The van der Waals surface area contributed by atoms with Crippen LogP contribution in [0.25, 0.3) is 0 Å². The van der Waals surface area contributed by atoms with Gasteiger partial charge in [-0.2, -0.15) is 0 Å². The molecule has 1 aliphatic rings. The molecule has 1 aromatic carbocycles. The average Bonchev–Trinajstić information content (AvgIpc) is 2.35. The van der Waals surface area contributed by atoms with E-state index >= 15 is 0 Å². The van der Waals surface area contributed by atoms with Crippen molar-refractivity contribution < 1.29 is 4.79 Å². The number of anilines is 1. The zero-order valence-electron chi connectivity index (χ0n) is 9.40. The molecule has 0 unspecified atom stereocenters. The van der Waals surface area contributed by atoms with E-state index in [1.807, 2.05) is 41.8 Å². The van der Waals surface area contributed by atoms with Crippen molar-refractivity contribution in [2.24, 2.45) is 0 Å². The van der Waals surface area contributed by atoms with Gasteiger partial charge in [0.15, 0.2) is 0 Å². The fourth-order valence-electron chi connectivity index (χ4n) is 1.76. The van der Waals surface area contributed by atoms with Gasteiger partial charge in [0.1, 0.15) is 0 Å². The molecule has 0 aromatic heterocycles. The number of nitrogens with zero attached hydrogens (tertiary/aromatic N) is 1. The number of hydrogen-bond acceptors (Lipinski definition) is 3. The molecule has 86 valence electrons. The molecule has 1 aromatic rings. The third kappa shape index (κ3) is 2.39. The van der Waals surface area contributed by atoms with Gasteiger partial charge in [-0.05, 0) is 18.7 Å². The monoisotopic (exact) mass is 236 g/mol. The zero-order chi connectivity index (χ0) is 11.4. The predicted octanol–water partition coefficient (Wildman–Crippen LogP) is 1.73. The summed E-state index contributed by atoms with van der Waals surface area (Å²) in [5.41, 5.74) is 1.06. The lowest BCUT2D eigenvalue weighted by Crippen LogP contribution is -2.41. The van der Waals surface area contributed by atoms with Crippen LogP contribution in [0.3, 0.4) is 0 Å². The van der Waals surface area contributed by atoms with Gasteiger partial charge in [-0.1, -0.05) is 19.1 Å². The summed E-state index contributed by atoms with van der Waals surface area (Å²) in [6.45, 7) is 4.07. The number of carbonyl (C=O) groups excluding carboxylic acids is 1. The largest absolute Gasteiger partial charge is 0.309 e. The summed E-state index contributed by atoms with van der Waals surface area (Å²) in [5.74, 6) is 1.14. The minimum Gasteiger partial charge on any atom is -0.309 e. The standard InChI is InChI=1S/C12H16N2OS/c1-2-13-9-12(15)14-7-8-16-11-6-4-3-5-10(11)14/h3-6,13H,2,7-9H2,1H3. The van der Waals surface area contributed by atoms with Crippen LogP contribution in [0.2, 0.25) is 0 Å². The SMILES string of the molecule is CCNCC(=O)N1CCSc2ccccc21. The van der Waals surface area contributed by atoms with E-state index in [0.29, 0.717) is 6.54 Å². The van der Waals surface area contributed by atoms with Crippen LogP contribution in [0.1, 0.15) is 6.92 Å². The number of benzene rings is 1. The molecule has 16 heavy (non-hydrogen) atoms. The van der Waals surface area contributed by atoms with Crippen LogP contribution >= 0.6 is 11.8 Å². The van der Waals surface area contributed by atoms with Gasteiger partial charge in [0.05, 0.1) is 12.2 Å². The quantitative estimate of drug-likeness (QED) is 0.867. The summed E-state index contributed by atoms with van der Waals surface area (Å²) < 4.78 is 0. The fraction of sp³-hybridized carbons (Fsp3) is 0.417. The van der Waals surface area contributed by atoms with Crippen molar-refractivity contribution in [1.29, 1.82) is 0 Å². The van der Waals surface area contributed by atoms with E-state index in [1.54, 1.807) is 0 Å². The Morgan fingerprint density at radius 2 is 2.31 bits per heavy atom. The molecule has 1 heterocycles. The van der Waals surface area contributed by atoms with Crippen molar-refractivity contribution in [1.82, 2.24) is 5.32 Å². The Bertz CT molecular complexity index is 381. The normalized spacial score (nSPS) is 14.7. The van der Waals surface area contributed by atoms with Gasteiger partial charge in [0, 0.05) is 17.2 Å². The Hall–Kier alpha value is -1.00. The Morgan fingerprint density at radius 3 is 3.12 bits per heavy atom. The molecule has 1 amide bonds. The number of para-hydroxylation sites is 1. The highest BCUT2D eigenvalue weighted by molar-refractivity contribution is 7.99. The van der Waals surface area contributed by atoms with E-state index in [0.717, 1.165) is 24.5 Å². The Morgan fingerprint density at radius 1 is 1.50 bits per heavy atom. The van der Waals surface area contributed by atoms with E-state index in [9.17, 15) is 4.79 Å². The lowest BCUT2D eigenvalue weighted by atomic mass is 10.2. The molecule has 0 fully saturated rings. The van der Waals surface area contributed by atoms with E-state index < -0.39 is 0 Å². The molecular weight excluding hydrogens is 220 g/mol. The van der Waals surface area contributed by atoms with Crippen molar-refractivity contribution >= 4 is 23.4 Å². The number of hydrogen-bond donors (Lipinski definition) is 1. The van der Waals surface area contributed by atoms with Crippen molar-refractivity contribution in [3.63, 3.8) is 0 Å². The third-order valence-electron chi connectivity index (χ3n) is 2.56. The number of amides is 1. The molecule has 0 saturated heterocycles. The second kappa shape index (κ2) is 5.37. The number of thioether (sulfide) groups is 1. The fourth-order valence-corrected chi connectivity index (χ4v) is 2.75. The molecule has 0 aliphatic carbocycles. The van der Waals surface area contributed by atoms with E-state index in [-0.39, 0.29) is 5.91 Å². The summed E-state index contributed by atoms with van der Waals surface area (Å²) in [5, 5.41) is 3.08. The van der Waals surface area contributed by atoms with Crippen LogP contribution in [0.4, 0.5) is 5.69 Å². The first kappa shape index (κ1) is 11.5. The molecule has 3 nitrogen and oxygen atoms in total. The third-order valence-corrected chi connectivity index (χ3v) is 3.60.